The molecule has 0 unspecified atom stereocenters. The Hall–Kier alpha value is -1.03. The molecule has 2 heterocycles. The monoisotopic (exact) mass is 354 g/mol. The van der Waals surface area contributed by atoms with E-state index in [2.05, 4.69) is 20.9 Å². The number of pyridine rings is 1. The number of aryl methyl sites for hydroxylation is 1. The van der Waals surface area contributed by atoms with Gasteiger partial charge in [-0.05, 0) is 46.6 Å². The van der Waals surface area contributed by atoms with E-state index in [1.165, 1.54) is 0 Å². The Kier molecular flexibility index (Phi) is 3.29. The van der Waals surface area contributed by atoms with Crippen LogP contribution in [0.2, 0.25) is 10.0 Å². The van der Waals surface area contributed by atoms with Crippen LogP contribution in [0.15, 0.2) is 41.1 Å². The van der Waals surface area contributed by atoms with Crippen molar-refractivity contribution in [3.63, 3.8) is 0 Å². The second-order valence-corrected chi connectivity index (χ2v) is 6.06. The van der Waals surface area contributed by atoms with Gasteiger partial charge in [0.2, 0.25) is 0 Å². The van der Waals surface area contributed by atoms with Crippen molar-refractivity contribution < 1.29 is 0 Å². The molecule has 19 heavy (non-hydrogen) atoms. The van der Waals surface area contributed by atoms with Gasteiger partial charge in [0.1, 0.15) is 5.65 Å². The van der Waals surface area contributed by atoms with Crippen LogP contribution >= 0.6 is 39.1 Å². The van der Waals surface area contributed by atoms with Gasteiger partial charge in [0.25, 0.3) is 0 Å². The number of benzene rings is 1. The SMILES string of the molecule is Cc1cc(Br)cn2cc(-c3ccc(Cl)c(Cl)c3)nc12. The third kappa shape index (κ3) is 2.38. The molecule has 0 spiro atoms. The van der Waals surface area contributed by atoms with Crippen molar-refractivity contribution in [3.8, 4) is 11.3 Å². The first-order chi connectivity index (χ1) is 9.04. The number of hydrogen-bond donors (Lipinski definition) is 0. The third-order valence-electron chi connectivity index (χ3n) is 2.92. The van der Waals surface area contributed by atoms with Gasteiger partial charge in [0.15, 0.2) is 0 Å². The fraction of sp³-hybridized carbons (Fsp3) is 0.0714. The molecule has 0 bridgehead atoms. The maximum Gasteiger partial charge on any atom is 0.140 e. The molecule has 0 aliphatic heterocycles. The summed E-state index contributed by atoms with van der Waals surface area (Å²) in [5.41, 5.74) is 3.87. The van der Waals surface area contributed by atoms with Gasteiger partial charge >= 0.3 is 0 Å². The molecule has 0 aliphatic carbocycles. The Labute approximate surface area is 129 Å². The highest BCUT2D eigenvalue weighted by atomic mass is 79.9. The molecule has 0 radical (unpaired) electrons. The van der Waals surface area contributed by atoms with Crippen molar-refractivity contribution in [1.29, 1.82) is 0 Å². The lowest BCUT2D eigenvalue weighted by Gasteiger charge is -1.98. The Balaban J connectivity index is 2.20. The van der Waals surface area contributed by atoms with Crippen LogP contribution in [0.5, 0.6) is 0 Å². The first kappa shape index (κ1) is 13.0. The predicted octanol–water partition coefficient (Wildman–Crippen LogP) is 5.38. The number of imidazole rings is 1. The maximum absolute atomic E-state index is 6.04. The highest BCUT2D eigenvalue weighted by Gasteiger charge is 2.08. The smallest absolute Gasteiger partial charge is 0.140 e. The maximum atomic E-state index is 6.04. The largest absolute Gasteiger partial charge is 0.305 e. The molecule has 0 atom stereocenters. The average molecular weight is 356 g/mol. The number of rotatable bonds is 1. The highest BCUT2D eigenvalue weighted by Crippen LogP contribution is 2.29. The van der Waals surface area contributed by atoms with Gasteiger partial charge in [-0.2, -0.15) is 0 Å². The minimum atomic E-state index is 0.536. The number of nitrogens with zero attached hydrogens (tertiary/aromatic N) is 2. The summed E-state index contributed by atoms with van der Waals surface area (Å²) in [5.74, 6) is 0. The summed E-state index contributed by atoms with van der Waals surface area (Å²) >= 11 is 15.5. The fourth-order valence-electron chi connectivity index (χ4n) is 2.02. The van der Waals surface area contributed by atoms with Crippen molar-refractivity contribution >= 4 is 44.8 Å². The summed E-state index contributed by atoms with van der Waals surface area (Å²) in [6.45, 7) is 2.03. The van der Waals surface area contributed by atoms with E-state index in [-0.39, 0.29) is 0 Å². The molecular weight excluding hydrogens is 347 g/mol. The van der Waals surface area contributed by atoms with Gasteiger partial charge in [0.05, 0.1) is 15.7 Å². The van der Waals surface area contributed by atoms with Gasteiger partial charge in [-0.25, -0.2) is 4.98 Å². The van der Waals surface area contributed by atoms with Crippen molar-refractivity contribution in [2.45, 2.75) is 6.92 Å². The van der Waals surface area contributed by atoms with E-state index in [0.717, 1.165) is 26.9 Å². The van der Waals surface area contributed by atoms with Gasteiger partial charge in [-0.15, -0.1) is 0 Å². The van der Waals surface area contributed by atoms with Crippen LogP contribution < -0.4 is 0 Å². The molecule has 0 aliphatic rings. The predicted molar refractivity (Wildman–Crippen MR) is 83.1 cm³/mol. The lowest BCUT2D eigenvalue weighted by Crippen LogP contribution is -1.86. The zero-order valence-electron chi connectivity index (χ0n) is 9.99. The number of hydrogen-bond acceptors (Lipinski definition) is 1. The second-order valence-electron chi connectivity index (χ2n) is 4.33. The minimum absolute atomic E-state index is 0.536. The highest BCUT2D eigenvalue weighted by molar-refractivity contribution is 9.10. The van der Waals surface area contributed by atoms with Gasteiger partial charge in [0, 0.05) is 22.4 Å². The molecule has 0 saturated carbocycles. The third-order valence-corrected chi connectivity index (χ3v) is 4.09. The summed E-state index contributed by atoms with van der Waals surface area (Å²) < 4.78 is 3.02. The minimum Gasteiger partial charge on any atom is -0.305 e. The topological polar surface area (TPSA) is 17.3 Å². The first-order valence-corrected chi connectivity index (χ1v) is 7.20. The van der Waals surface area contributed by atoms with Gasteiger partial charge < -0.3 is 4.40 Å². The standard InChI is InChI=1S/C14H9BrCl2N2/c1-8-4-10(15)6-19-7-13(18-14(8)19)9-2-3-11(16)12(17)5-9/h2-7H,1H3. The summed E-state index contributed by atoms with van der Waals surface area (Å²) in [7, 11) is 0. The molecule has 3 rings (SSSR count). The number of fused-ring (bicyclic) bond motifs is 1. The zero-order valence-corrected chi connectivity index (χ0v) is 13.1. The van der Waals surface area contributed by atoms with Crippen LogP contribution in [0.25, 0.3) is 16.9 Å². The fourth-order valence-corrected chi connectivity index (χ4v) is 2.88. The van der Waals surface area contributed by atoms with Crippen LogP contribution in [-0.2, 0) is 0 Å². The van der Waals surface area contributed by atoms with Crippen LogP contribution in [0.4, 0.5) is 0 Å². The normalized spacial score (nSPS) is 11.2. The van der Waals surface area contributed by atoms with Crippen LogP contribution in [-0.4, -0.2) is 9.38 Å². The van der Waals surface area contributed by atoms with Crippen molar-refractivity contribution in [2.75, 3.05) is 0 Å². The molecule has 2 aromatic heterocycles. The Morgan fingerprint density at radius 1 is 1.11 bits per heavy atom. The van der Waals surface area contributed by atoms with E-state index in [9.17, 15) is 0 Å². The van der Waals surface area contributed by atoms with E-state index in [4.69, 9.17) is 23.2 Å². The van der Waals surface area contributed by atoms with Crippen LogP contribution in [0.3, 0.4) is 0 Å². The van der Waals surface area contributed by atoms with E-state index >= 15 is 0 Å². The Morgan fingerprint density at radius 2 is 1.89 bits per heavy atom. The Morgan fingerprint density at radius 3 is 2.63 bits per heavy atom. The summed E-state index contributed by atoms with van der Waals surface area (Å²) in [6.07, 6.45) is 3.96. The summed E-state index contributed by atoms with van der Waals surface area (Å²) in [4.78, 5) is 4.63. The van der Waals surface area contributed by atoms with E-state index in [0.29, 0.717) is 10.0 Å². The number of aromatic nitrogens is 2. The molecule has 0 amide bonds. The van der Waals surface area contributed by atoms with Gasteiger partial charge in [-0.1, -0.05) is 29.3 Å². The molecule has 3 aromatic rings. The molecule has 0 fully saturated rings. The van der Waals surface area contributed by atoms with E-state index < -0.39 is 0 Å². The van der Waals surface area contributed by atoms with Crippen molar-refractivity contribution in [1.82, 2.24) is 9.38 Å². The van der Waals surface area contributed by atoms with E-state index in [1.54, 1.807) is 6.07 Å². The Bertz CT molecular complexity index is 780. The molecule has 2 nitrogen and oxygen atoms in total. The van der Waals surface area contributed by atoms with Crippen LogP contribution in [0.1, 0.15) is 5.56 Å². The molecule has 0 N–H and O–H groups in total. The zero-order chi connectivity index (χ0) is 13.6. The molecule has 1 aromatic carbocycles. The molecule has 5 heteroatoms. The molecular formula is C14H9BrCl2N2. The summed E-state index contributed by atoms with van der Waals surface area (Å²) in [6, 6.07) is 7.57. The quantitative estimate of drug-likeness (QED) is 0.572. The number of halogens is 3. The molecule has 96 valence electrons. The average Bonchev–Trinajstić information content (AvgIpc) is 2.76. The van der Waals surface area contributed by atoms with Crippen LogP contribution in [0, 0.1) is 6.92 Å². The lowest BCUT2D eigenvalue weighted by molar-refractivity contribution is 1.15. The van der Waals surface area contributed by atoms with Crippen molar-refractivity contribution in [3.05, 3.63) is 56.7 Å². The van der Waals surface area contributed by atoms with Crippen molar-refractivity contribution in [2.24, 2.45) is 0 Å². The second kappa shape index (κ2) is 4.82. The first-order valence-electron chi connectivity index (χ1n) is 5.65. The molecule has 0 saturated heterocycles. The van der Waals surface area contributed by atoms with Gasteiger partial charge in [-0.3, -0.25) is 0 Å². The lowest BCUT2D eigenvalue weighted by atomic mass is 10.2. The summed E-state index contributed by atoms with van der Waals surface area (Å²) in [5, 5.41) is 1.09. The van der Waals surface area contributed by atoms with E-state index in [1.807, 2.05) is 41.9 Å².